The number of fused-ring (bicyclic) bond motifs is 1. The summed E-state index contributed by atoms with van der Waals surface area (Å²) < 4.78 is 0. The van der Waals surface area contributed by atoms with Crippen LogP contribution in [-0.2, 0) is 12.0 Å². The molecule has 2 nitrogen and oxygen atoms in total. The van der Waals surface area contributed by atoms with Crippen molar-refractivity contribution < 1.29 is 4.79 Å². The highest BCUT2D eigenvalue weighted by Crippen LogP contribution is 2.29. The Morgan fingerprint density at radius 3 is 2.64 bits per heavy atom. The fourth-order valence-electron chi connectivity index (χ4n) is 1.96. The van der Waals surface area contributed by atoms with E-state index >= 15 is 0 Å². The van der Waals surface area contributed by atoms with Crippen molar-refractivity contribution in [2.75, 3.05) is 0 Å². The first-order chi connectivity index (χ1) is 6.50. The van der Waals surface area contributed by atoms with E-state index in [1.807, 2.05) is 12.1 Å². The first-order valence-electron chi connectivity index (χ1n) is 4.91. The maximum Gasteiger partial charge on any atom is 0.251 e. The van der Waals surface area contributed by atoms with E-state index in [9.17, 15) is 4.79 Å². The molecule has 0 atom stereocenters. The van der Waals surface area contributed by atoms with Crippen molar-refractivity contribution in [1.29, 1.82) is 0 Å². The number of hydrogen-bond donors (Lipinski definition) is 1. The summed E-state index contributed by atoms with van der Waals surface area (Å²) in [6, 6.07) is 5.97. The number of carbonyl (C=O) groups is 1. The van der Waals surface area contributed by atoms with Crippen molar-refractivity contribution in [3.8, 4) is 0 Å². The third-order valence-electron chi connectivity index (χ3n) is 2.65. The number of amides is 1. The van der Waals surface area contributed by atoms with E-state index in [-0.39, 0.29) is 11.3 Å². The monoisotopic (exact) mass is 189 g/mol. The van der Waals surface area contributed by atoms with E-state index in [1.54, 1.807) is 0 Å². The predicted molar refractivity (Wildman–Crippen MR) is 56.3 cm³/mol. The molecule has 1 aromatic rings. The van der Waals surface area contributed by atoms with Crippen LogP contribution in [0.4, 0.5) is 0 Å². The van der Waals surface area contributed by atoms with Crippen molar-refractivity contribution in [1.82, 2.24) is 5.32 Å². The topological polar surface area (TPSA) is 29.1 Å². The average molecular weight is 189 g/mol. The Labute approximate surface area is 84.3 Å². The zero-order valence-electron chi connectivity index (χ0n) is 8.85. The average Bonchev–Trinajstić information content (AvgIpc) is 2.46. The molecule has 0 saturated carbocycles. The van der Waals surface area contributed by atoms with Gasteiger partial charge in [0.1, 0.15) is 0 Å². The lowest BCUT2D eigenvalue weighted by molar-refractivity contribution is 0.0966. The molecule has 0 fully saturated rings. The maximum absolute atomic E-state index is 11.4. The van der Waals surface area contributed by atoms with Gasteiger partial charge in [-0.25, -0.2) is 0 Å². The molecule has 1 aliphatic heterocycles. The van der Waals surface area contributed by atoms with Gasteiger partial charge in [-0.05, 0) is 22.6 Å². The molecule has 1 amide bonds. The molecule has 0 saturated heterocycles. The van der Waals surface area contributed by atoms with Crippen LogP contribution in [-0.4, -0.2) is 5.91 Å². The summed E-state index contributed by atoms with van der Waals surface area (Å²) >= 11 is 0. The summed E-state index contributed by atoms with van der Waals surface area (Å²) in [4.78, 5) is 11.4. The second-order valence-electron chi connectivity index (χ2n) is 4.76. The van der Waals surface area contributed by atoms with Gasteiger partial charge in [-0.15, -0.1) is 0 Å². The number of rotatable bonds is 0. The summed E-state index contributed by atoms with van der Waals surface area (Å²) in [5.74, 6) is 0.0612. The zero-order chi connectivity index (χ0) is 10.3. The Morgan fingerprint density at radius 1 is 1.29 bits per heavy atom. The van der Waals surface area contributed by atoms with Crippen molar-refractivity contribution in [2.45, 2.75) is 32.7 Å². The third-order valence-corrected chi connectivity index (χ3v) is 2.65. The van der Waals surface area contributed by atoms with Gasteiger partial charge in [0, 0.05) is 12.1 Å². The summed E-state index contributed by atoms with van der Waals surface area (Å²) in [7, 11) is 0. The van der Waals surface area contributed by atoms with Gasteiger partial charge in [0.25, 0.3) is 5.91 Å². The van der Waals surface area contributed by atoms with Crippen LogP contribution >= 0.6 is 0 Å². The zero-order valence-corrected chi connectivity index (χ0v) is 8.85. The Balaban J connectivity index is 2.60. The van der Waals surface area contributed by atoms with Crippen molar-refractivity contribution in [3.05, 3.63) is 34.9 Å². The van der Waals surface area contributed by atoms with Crippen LogP contribution in [0.15, 0.2) is 18.2 Å². The fourth-order valence-corrected chi connectivity index (χ4v) is 1.96. The van der Waals surface area contributed by atoms with Crippen LogP contribution in [0.25, 0.3) is 0 Å². The Bertz CT molecular complexity index is 388. The van der Waals surface area contributed by atoms with Gasteiger partial charge in [0.05, 0.1) is 0 Å². The molecule has 0 unspecified atom stereocenters. The Morgan fingerprint density at radius 2 is 2.00 bits per heavy atom. The van der Waals surface area contributed by atoms with Crippen LogP contribution in [0, 0.1) is 0 Å². The van der Waals surface area contributed by atoms with Gasteiger partial charge in [0.15, 0.2) is 0 Å². The van der Waals surface area contributed by atoms with Crippen LogP contribution in [0.1, 0.15) is 42.3 Å². The van der Waals surface area contributed by atoms with Gasteiger partial charge >= 0.3 is 0 Å². The van der Waals surface area contributed by atoms with Crippen molar-refractivity contribution >= 4 is 5.91 Å². The lowest BCUT2D eigenvalue weighted by Crippen LogP contribution is -2.14. The highest BCUT2D eigenvalue weighted by molar-refractivity contribution is 5.98. The molecule has 1 aromatic carbocycles. The van der Waals surface area contributed by atoms with Gasteiger partial charge in [-0.2, -0.15) is 0 Å². The lowest BCUT2D eigenvalue weighted by atomic mass is 9.83. The van der Waals surface area contributed by atoms with Crippen LogP contribution in [0.5, 0.6) is 0 Å². The van der Waals surface area contributed by atoms with E-state index in [0.717, 1.165) is 5.56 Å². The summed E-state index contributed by atoms with van der Waals surface area (Å²) in [5, 5.41) is 2.86. The van der Waals surface area contributed by atoms with E-state index < -0.39 is 0 Å². The molecule has 0 radical (unpaired) electrons. The molecule has 1 aliphatic rings. The molecule has 2 heteroatoms. The number of nitrogens with one attached hydrogen (secondary N) is 1. The highest BCUT2D eigenvalue weighted by atomic mass is 16.1. The summed E-state index contributed by atoms with van der Waals surface area (Å²) in [6.07, 6.45) is 0. The lowest BCUT2D eigenvalue weighted by Gasteiger charge is -2.21. The normalized spacial score (nSPS) is 15.2. The molecule has 1 heterocycles. The van der Waals surface area contributed by atoms with Crippen LogP contribution in [0.3, 0.4) is 0 Å². The minimum atomic E-state index is 0.0612. The summed E-state index contributed by atoms with van der Waals surface area (Å²) in [6.45, 7) is 7.20. The fraction of sp³-hybridized carbons (Fsp3) is 0.417. The molecule has 2 rings (SSSR count). The molecule has 0 spiro atoms. The quantitative estimate of drug-likeness (QED) is 0.666. The smallest absolute Gasteiger partial charge is 0.251 e. The highest BCUT2D eigenvalue weighted by Gasteiger charge is 2.26. The van der Waals surface area contributed by atoms with E-state index in [1.165, 1.54) is 11.1 Å². The SMILES string of the molecule is CC(C)(C)c1cccc2c1CNC2=O. The van der Waals surface area contributed by atoms with E-state index in [2.05, 4.69) is 32.2 Å². The molecule has 1 N–H and O–H groups in total. The molecular formula is C12H15NO. The van der Waals surface area contributed by atoms with Gasteiger partial charge in [-0.1, -0.05) is 32.9 Å². The third kappa shape index (κ3) is 1.31. The minimum Gasteiger partial charge on any atom is -0.348 e. The minimum absolute atomic E-state index is 0.0612. The molecule has 0 aliphatic carbocycles. The van der Waals surface area contributed by atoms with Gasteiger partial charge < -0.3 is 5.32 Å². The molecule has 14 heavy (non-hydrogen) atoms. The summed E-state index contributed by atoms with van der Waals surface area (Å²) in [5.41, 5.74) is 3.40. The molecular weight excluding hydrogens is 174 g/mol. The molecule has 74 valence electrons. The maximum atomic E-state index is 11.4. The van der Waals surface area contributed by atoms with Crippen LogP contribution < -0.4 is 5.32 Å². The number of hydrogen-bond acceptors (Lipinski definition) is 1. The van der Waals surface area contributed by atoms with Crippen molar-refractivity contribution in [3.63, 3.8) is 0 Å². The largest absolute Gasteiger partial charge is 0.348 e. The standard InChI is InChI=1S/C12H15NO/c1-12(2,3)10-6-4-5-8-9(10)7-13-11(8)14/h4-6H,7H2,1-3H3,(H,13,14). The molecule has 0 aromatic heterocycles. The number of benzene rings is 1. The van der Waals surface area contributed by atoms with Gasteiger partial charge in [-0.3, -0.25) is 4.79 Å². The van der Waals surface area contributed by atoms with E-state index in [4.69, 9.17) is 0 Å². The Hall–Kier alpha value is -1.31. The van der Waals surface area contributed by atoms with E-state index in [0.29, 0.717) is 6.54 Å². The first-order valence-corrected chi connectivity index (χ1v) is 4.91. The Kier molecular flexibility index (Phi) is 1.88. The van der Waals surface area contributed by atoms with Crippen LogP contribution in [0.2, 0.25) is 0 Å². The number of carbonyl (C=O) groups excluding carboxylic acids is 1. The second-order valence-corrected chi connectivity index (χ2v) is 4.76. The first kappa shape index (κ1) is 9.25. The molecule has 0 bridgehead atoms. The predicted octanol–water partition coefficient (Wildman–Crippen LogP) is 2.23. The second kappa shape index (κ2) is 2.84. The van der Waals surface area contributed by atoms with Crippen molar-refractivity contribution in [2.24, 2.45) is 0 Å². The van der Waals surface area contributed by atoms with Gasteiger partial charge in [0.2, 0.25) is 0 Å².